The maximum absolute atomic E-state index is 13.1. The first-order valence-corrected chi connectivity index (χ1v) is 9.98. The summed E-state index contributed by atoms with van der Waals surface area (Å²) < 4.78 is 5.58. The van der Waals surface area contributed by atoms with E-state index in [0.29, 0.717) is 6.04 Å². The highest BCUT2D eigenvalue weighted by atomic mass is 32.2. The zero-order chi connectivity index (χ0) is 16.2. The van der Waals surface area contributed by atoms with E-state index in [-0.39, 0.29) is 5.91 Å². The highest BCUT2D eigenvalue weighted by Gasteiger charge is 2.30. The molecular weight excluding hydrogens is 308 g/mol. The van der Waals surface area contributed by atoms with Crippen LogP contribution in [0.4, 0.5) is 0 Å². The SMILES string of the molecule is Cc1cc(C(=O)N2CCCSCC2CN2CCCCC2)c(C)o1. The number of carbonyl (C=O) groups is 1. The van der Waals surface area contributed by atoms with Crippen LogP contribution >= 0.6 is 11.8 Å². The minimum Gasteiger partial charge on any atom is -0.466 e. The molecule has 0 aliphatic carbocycles. The van der Waals surface area contributed by atoms with Gasteiger partial charge >= 0.3 is 0 Å². The Morgan fingerprint density at radius 3 is 2.70 bits per heavy atom. The minimum atomic E-state index is 0.156. The number of hydrogen-bond acceptors (Lipinski definition) is 4. The molecule has 23 heavy (non-hydrogen) atoms. The predicted octanol–water partition coefficient (Wildman–Crippen LogP) is 3.33. The number of thioether (sulfide) groups is 1. The molecule has 1 aromatic heterocycles. The summed E-state index contributed by atoms with van der Waals surface area (Å²) in [6.07, 6.45) is 5.04. The standard InChI is InChI=1S/C18H28N2O2S/c1-14-11-17(15(2)22-14)18(21)20-9-6-10-23-13-16(20)12-19-7-4-3-5-8-19/h11,16H,3-10,12-13H2,1-2H3. The third-order valence-corrected chi connectivity index (χ3v) is 6.09. The van der Waals surface area contributed by atoms with Crippen molar-refractivity contribution in [3.8, 4) is 0 Å². The van der Waals surface area contributed by atoms with Gasteiger partial charge in [-0.15, -0.1) is 0 Å². The van der Waals surface area contributed by atoms with E-state index in [4.69, 9.17) is 4.42 Å². The van der Waals surface area contributed by atoms with Crippen LogP contribution in [0.5, 0.6) is 0 Å². The number of nitrogens with zero attached hydrogens (tertiary/aromatic N) is 2. The van der Waals surface area contributed by atoms with E-state index < -0.39 is 0 Å². The molecule has 0 saturated carbocycles. The van der Waals surface area contributed by atoms with E-state index in [1.165, 1.54) is 32.4 Å². The molecule has 0 spiro atoms. The Hall–Kier alpha value is -0.940. The summed E-state index contributed by atoms with van der Waals surface area (Å²) in [5, 5.41) is 0. The Bertz CT molecular complexity index is 537. The van der Waals surface area contributed by atoms with Crippen molar-refractivity contribution in [2.75, 3.05) is 37.7 Å². The Labute approximate surface area is 143 Å². The van der Waals surface area contributed by atoms with Gasteiger partial charge in [-0.1, -0.05) is 6.42 Å². The summed E-state index contributed by atoms with van der Waals surface area (Å²) in [5.41, 5.74) is 0.748. The lowest BCUT2D eigenvalue weighted by molar-refractivity contribution is 0.0644. The molecule has 0 aromatic carbocycles. The number of aryl methyl sites for hydroxylation is 2. The quantitative estimate of drug-likeness (QED) is 0.848. The molecule has 1 aromatic rings. The molecule has 0 radical (unpaired) electrons. The molecule has 1 unspecified atom stereocenters. The number of carbonyl (C=O) groups excluding carboxylic acids is 1. The monoisotopic (exact) mass is 336 g/mol. The van der Waals surface area contributed by atoms with Crippen molar-refractivity contribution in [3.05, 3.63) is 23.2 Å². The van der Waals surface area contributed by atoms with Gasteiger partial charge in [-0.3, -0.25) is 4.79 Å². The van der Waals surface area contributed by atoms with Gasteiger partial charge in [-0.25, -0.2) is 0 Å². The Kier molecular flexibility index (Phi) is 5.70. The number of rotatable bonds is 3. The first-order valence-electron chi connectivity index (χ1n) is 8.83. The van der Waals surface area contributed by atoms with Gasteiger partial charge in [0.05, 0.1) is 11.6 Å². The molecule has 5 heteroatoms. The summed E-state index contributed by atoms with van der Waals surface area (Å²) in [5.74, 6) is 3.94. The van der Waals surface area contributed by atoms with Gasteiger partial charge in [0, 0.05) is 18.8 Å². The van der Waals surface area contributed by atoms with E-state index in [9.17, 15) is 4.79 Å². The average molecular weight is 337 g/mol. The van der Waals surface area contributed by atoms with Crippen molar-refractivity contribution in [1.29, 1.82) is 0 Å². The van der Waals surface area contributed by atoms with Crippen LogP contribution in [0.2, 0.25) is 0 Å². The predicted molar refractivity (Wildman–Crippen MR) is 95.2 cm³/mol. The normalized spacial score (nSPS) is 23.7. The fourth-order valence-electron chi connectivity index (χ4n) is 3.69. The molecule has 2 aliphatic heterocycles. The fourth-order valence-corrected chi connectivity index (χ4v) is 4.74. The lowest BCUT2D eigenvalue weighted by Gasteiger charge is -2.35. The van der Waals surface area contributed by atoms with E-state index >= 15 is 0 Å². The summed E-state index contributed by atoms with van der Waals surface area (Å²) in [6.45, 7) is 8.07. The van der Waals surface area contributed by atoms with Crippen molar-refractivity contribution in [2.24, 2.45) is 0 Å². The molecule has 4 nitrogen and oxygen atoms in total. The maximum Gasteiger partial charge on any atom is 0.257 e. The second kappa shape index (κ2) is 7.75. The van der Waals surface area contributed by atoms with E-state index in [1.807, 2.05) is 31.7 Å². The third kappa shape index (κ3) is 4.13. The highest BCUT2D eigenvalue weighted by Crippen LogP contribution is 2.23. The largest absolute Gasteiger partial charge is 0.466 e. The Morgan fingerprint density at radius 1 is 1.22 bits per heavy atom. The molecule has 128 valence electrons. The van der Waals surface area contributed by atoms with E-state index in [0.717, 1.165) is 48.1 Å². The van der Waals surface area contributed by atoms with Gasteiger partial charge in [-0.2, -0.15) is 11.8 Å². The molecule has 3 rings (SSSR count). The summed E-state index contributed by atoms with van der Waals surface area (Å²) in [6, 6.07) is 2.22. The number of hydrogen-bond donors (Lipinski definition) is 0. The minimum absolute atomic E-state index is 0.156. The van der Waals surface area contributed by atoms with Crippen LogP contribution in [0.1, 0.15) is 47.6 Å². The molecule has 2 aliphatic rings. The Balaban J connectivity index is 1.74. The summed E-state index contributed by atoms with van der Waals surface area (Å²) in [4.78, 5) is 17.7. The van der Waals surface area contributed by atoms with Gasteiger partial charge in [-0.05, 0) is 58.0 Å². The van der Waals surface area contributed by atoms with E-state index in [1.54, 1.807) is 0 Å². The lowest BCUT2D eigenvalue weighted by atomic mass is 10.1. The van der Waals surface area contributed by atoms with Gasteiger partial charge in [0.2, 0.25) is 0 Å². The maximum atomic E-state index is 13.1. The molecule has 2 fully saturated rings. The van der Waals surface area contributed by atoms with Gasteiger partial charge in [0.1, 0.15) is 11.5 Å². The summed E-state index contributed by atoms with van der Waals surface area (Å²) in [7, 11) is 0. The molecule has 3 heterocycles. The zero-order valence-corrected chi connectivity index (χ0v) is 15.2. The van der Waals surface area contributed by atoms with Crippen molar-refractivity contribution in [3.63, 3.8) is 0 Å². The number of piperidine rings is 1. The van der Waals surface area contributed by atoms with Crippen LogP contribution in [0.3, 0.4) is 0 Å². The number of furan rings is 1. The van der Waals surface area contributed by atoms with Gasteiger partial charge < -0.3 is 14.2 Å². The van der Waals surface area contributed by atoms with Crippen molar-refractivity contribution >= 4 is 17.7 Å². The van der Waals surface area contributed by atoms with Crippen molar-refractivity contribution in [2.45, 2.75) is 45.6 Å². The molecule has 0 bridgehead atoms. The van der Waals surface area contributed by atoms with Crippen LogP contribution < -0.4 is 0 Å². The van der Waals surface area contributed by atoms with Gasteiger partial charge in [0.25, 0.3) is 5.91 Å². The summed E-state index contributed by atoms with van der Waals surface area (Å²) >= 11 is 1.99. The van der Waals surface area contributed by atoms with Crippen LogP contribution in [-0.2, 0) is 0 Å². The first-order chi connectivity index (χ1) is 11.1. The second-order valence-corrected chi connectivity index (χ2v) is 7.92. The Morgan fingerprint density at radius 2 is 2.00 bits per heavy atom. The molecule has 0 N–H and O–H groups in total. The average Bonchev–Trinajstić information content (AvgIpc) is 2.74. The van der Waals surface area contributed by atoms with Crippen molar-refractivity contribution in [1.82, 2.24) is 9.80 Å². The highest BCUT2D eigenvalue weighted by molar-refractivity contribution is 7.99. The van der Waals surface area contributed by atoms with Crippen LogP contribution in [0, 0.1) is 13.8 Å². The van der Waals surface area contributed by atoms with Crippen LogP contribution in [-0.4, -0.2) is 59.4 Å². The third-order valence-electron chi connectivity index (χ3n) is 4.89. The zero-order valence-electron chi connectivity index (χ0n) is 14.3. The molecule has 2 saturated heterocycles. The smallest absolute Gasteiger partial charge is 0.257 e. The lowest BCUT2D eigenvalue weighted by Crippen LogP contribution is -2.49. The topological polar surface area (TPSA) is 36.7 Å². The molecular formula is C18H28N2O2S. The van der Waals surface area contributed by atoms with Crippen LogP contribution in [0.25, 0.3) is 0 Å². The van der Waals surface area contributed by atoms with Crippen LogP contribution in [0.15, 0.2) is 10.5 Å². The second-order valence-electron chi connectivity index (χ2n) is 6.77. The van der Waals surface area contributed by atoms with E-state index in [2.05, 4.69) is 9.80 Å². The van der Waals surface area contributed by atoms with Crippen molar-refractivity contribution < 1.29 is 9.21 Å². The number of likely N-dealkylation sites (tertiary alicyclic amines) is 1. The molecule has 1 amide bonds. The first kappa shape index (κ1) is 16.9. The molecule has 1 atom stereocenters. The number of amides is 1. The fraction of sp³-hybridized carbons (Fsp3) is 0.722. The van der Waals surface area contributed by atoms with Gasteiger partial charge in [0.15, 0.2) is 0 Å².